The van der Waals surface area contributed by atoms with Crippen molar-refractivity contribution in [3.8, 4) is 5.69 Å². The van der Waals surface area contributed by atoms with Gasteiger partial charge >= 0.3 is 6.18 Å². The van der Waals surface area contributed by atoms with Gasteiger partial charge in [0.15, 0.2) is 5.82 Å². The molecule has 9 heteroatoms. The molecule has 1 saturated heterocycles. The predicted molar refractivity (Wildman–Crippen MR) is 118 cm³/mol. The summed E-state index contributed by atoms with van der Waals surface area (Å²) in [5.74, 6) is -0.202. The van der Waals surface area contributed by atoms with Crippen molar-refractivity contribution in [3.63, 3.8) is 0 Å². The Morgan fingerprint density at radius 3 is 2.53 bits per heavy atom. The lowest BCUT2D eigenvalue weighted by atomic mass is 10.0. The smallest absolute Gasteiger partial charge is 0.398 e. The van der Waals surface area contributed by atoms with Crippen molar-refractivity contribution in [1.82, 2.24) is 9.78 Å². The third kappa shape index (κ3) is 4.56. The van der Waals surface area contributed by atoms with Crippen molar-refractivity contribution in [2.24, 2.45) is 0 Å². The van der Waals surface area contributed by atoms with Gasteiger partial charge in [-0.3, -0.25) is 4.79 Å². The summed E-state index contributed by atoms with van der Waals surface area (Å²) in [6, 6.07) is 10.1. The Bertz CT molecular complexity index is 1130. The fourth-order valence-corrected chi connectivity index (χ4v) is 3.84. The summed E-state index contributed by atoms with van der Waals surface area (Å²) in [7, 11) is 0. The molecule has 0 unspecified atom stereocenters. The minimum absolute atomic E-state index is 0.216. The van der Waals surface area contributed by atoms with Crippen LogP contribution in [0.5, 0.6) is 0 Å². The highest BCUT2D eigenvalue weighted by Gasteiger charge is 2.30. The topological polar surface area (TPSA) is 76.2 Å². The second kappa shape index (κ2) is 8.57. The van der Waals surface area contributed by atoms with Gasteiger partial charge in [-0.25, -0.2) is 4.68 Å². The van der Waals surface area contributed by atoms with Crippen LogP contribution >= 0.6 is 0 Å². The molecule has 6 nitrogen and oxygen atoms in total. The zero-order valence-electron chi connectivity index (χ0n) is 17.6. The number of halogens is 3. The van der Waals surface area contributed by atoms with E-state index in [-0.39, 0.29) is 11.5 Å². The number of aryl methyl sites for hydroxylation is 1. The highest BCUT2D eigenvalue weighted by Crippen LogP contribution is 2.31. The normalized spacial score (nSPS) is 14.4. The number of anilines is 3. The van der Waals surface area contributed by atoms with Crippen LogP contribution in [-0.2, 0) is 6.18 Å². The van der Waals surface area contributed by atoms with Crippen LogP contribution in [0, 0.1) is 6.92 Å². The number of nitrogens with zero attached hydrogens (tertiary/aromatic N) is 3. The Morgan fingerprint density at radius 1 is 1.06 bits per heavy atom. The molecule has 1 aromatic heterocycles. The van der Waals surface area contributed by atoms with E-state index in [2.05, 4.69) is 15.3 Å². The number of nitrogens with two attached hydrogens (primary N) is 1. The summed E-state index contributed by atoms with van der Waals surface area (Å²) in [6.45, 7) is 3.74. The molecule has 0 radical (unpaired) electrons. The number of carbonyl (C=O) groups is 1. The summed E-state index contributed by atoms with van der Waals surface area (Å²) in [6.07, 6.45) is 0.459. The van der Waals surface area contributed by atoms with Gasteiger partial charge in [0.05, 0.1) is 16.8 Å². The average Bonchev–Trinajstić information content (AvgIpc) is 3.24. The lowest BCUT2D eigenvalue weighted by molar-refractivity contribution is -0.137. The number of benzene rings is 2. The number of hydrogen-bond donors (Lipinski definition) is 2. The van der Waals surface area contributed by atoms with Gasteiger partial charge in [0.1, 0.15) is 0 Å². The van der Waals surface area contributed by atoms with Crippen molar-refractivity contribution in [1.29, 1.82) is 0 Å². The van der Waals surface area contributed by atoms with Crippen LogP contribution < -0.4 is 16.0 Å². The maximum Gasteiger partial charge on any atom is 0.416 e. The fourth-order valence-electron chi connectivity index (χ4n) is 3.84. The van der Waals surface area contributed by atoms with Crippen LogP contribution in [-0.4, -0.2) is 28.8 Å². The number of nitrogens with one attached hydrogen (secondary N) is 1. The summed E-state index contributed by atoms with van der Waals surface area (Å²) in [5.41, 5.74) is 8.15. The minimum atomic E-state index is -4.45. The molecule has 0 bridgehead atoms. The molecule has 3 aromatic rings. The molecule has 32 heavy (non-hydrogen) atoms. The lowest BCUT2D eigenvalue weighted by Gasteiger charge is -2.29. The van der Waals surface area contributed by atoms with Gasteiger partial charge in [0.2, 0.25) is 0 Å². The summed E-state index contributed by atoms with van der Waals surface area (Å²) in [4.78, 5) is 15.2. The molecule has 0 spiro atoms. The SMILES string of the molecule is Cc1cc(N2CCCCC2)cc(C(=O)Nc2ccn(-c3cccc(C(F)(F)F)c3)n2)c1N. The molecular formula is C23H24F3N5O. The molecular weight excluding hydrogens is 419 g/mol. The van der Waals surface area contributed by atoms with Crippen LogP contribution in [0.15, 0.2) is 48.7 Å². The number of aromatic nitrogens is 2. The zero-order valence-corrected chi connectivity index (χ0v) is 17.6. The van der Waals surface area contributed by atoms with Crippen molar-refractivity contribution in [3.05, 3.63) is 65.4 Å². The standard InChI is InChI=1S/C23H24F3N5O/c1-15-12-18(30-9-3-2-4-10-30)14-19(21(15)27)22(32)28-20-8-11-31(29-20)17-7-5-6-16(13-17)23(24,25)26/h5-8,11-14H,2-4,9-10,27H2,1H3,(H,28,29,32). The third-order valence-corrected chi connectivity index (χ3v) is 5.61. The molecule has 4 rings (SSSR count). The monoisotopic (exact) mass is 443 g/mol. The fraction of sp³-hybridized carbons (Fsp3) is 0.304. The number of hydrogen-bond acceptors (Lipinski definition) is 4. The van der Waals surface area contributed by atoms with Gasteiger partial charge in [0, 0.05) is 36.7 Å². The average molecular weight is 443 g/mol. The minimum Gasteiger partial charge on any atom is -0.398 e. The van der Waals surface area contributed by atoms with E-state index in [0.29, 0.717) is 11.3 Å². The first-order chi connectivity index (χ1) is 15.2. The van der Waals surface area contributed by atoms with Gasteiger partial charge < -0.3 is 16.0 Å². The summed E-state index contributed by atoms with van der Waals surface area (Å²) < 4.78 is 40.2. The first-order valence-corrected chi connectivity index (χ1v) is 10.4. The highest BCUT2D eigenvalue weighted by atomic mass is 19.4. The molecule has 3 N–H and O–H groups in total. The second-order valence-electron chi connectivity index (χ2n) is 7.92. The van der Waals surface area contributed by atoms with E-state index in [1.807, 2.05) is 13.0 Å². The van der Waals surface area contributed by atoms with Crippen molar-refractivity contribution < 1.29 is 18.0 Å². The number of nitrogen functional groups attached to an aromatic ring is 1. The van der Waals surface area contributed by atoms with E-state index >= 15 is 0 Å². The predicted octanol–water partition coefficient (Wildman–Crippen LogP) is 5.02. The Kier molecular flexibility index (Phi) is 5.82. The molecule has 0 saturated carbocycles. The number of alkyl halides is 3. The largest absolute Gasteiger partial charge is 0.416 e. The van der Waals surface area contributed by atoms with E-state index in [4.69, 9.17) is 5.73 Å². The van der Waals surface area contributed by atoms with Gasteiger partial charge in [0.25, 0.3) is 5.91 Å². The first kappa shape index (κ1) is 21.7. The molecule has 1 amide bonds. The third-order valence-electron chi connectivity index (χ3n) is 5.61. The summed E-state index contributed by atoms with van der Waals surface area (Å²) >= 11 is 0. The van der Waals surface area contributed by atoms with E-state index in [9.17, 15) is 18.0 Å². The van der Waals surface area contributed by atoms with E-state index in [1.54, 1.807) is 6.07 Å². The molecule has 1 aliphatic rings. The van der Waals surface area contributed by atoms with Crippen LogP contribution in [0.3, 0.4) is 0 Å². The van der Waals surface area contributed by atoms with Gasteiger partial charge in [-0.1, -0.05) is 6.07 Å². The van der Waals surface area contributed by atoms with Crippen LogP contribution in [0.25, 0.3) is 5.69 Å². The quantitative estimate of drug-likeness (QED) is 0.555. The lowest BCUT2D eigenvalue weighted by Crippen LogP contribution is -2.30. The van der Waals surface area contributed by atoms with Crippen LogP contribution in [0.1, 0.15) is 40.7 Å². The Labute approximate surface area is 183 Å². The molecule has 0 aliphatic carbocycles. The zero-order chi connectivity index (χ0) is 22.9. The van der Waals surface area contributed by atoms with E-state index in [1.165, 1.54) is 35.5 Å². The molecule has 1 aliphatic heterocycles. The number of piperidine rings is 1. The molecule has 0 atom stereocenters. The molecule has 168 valence electrons. The Morgan fingerprint density at radius 2 is 1.81 bits per heavy atom. The number of rotatable bonds is 4. The van der Waals surface area contributed by atoms with Gasteiger partial charge in [-0.05, 0) is 62.1 Å². The van der Waals surface area contributed by atoms with Crippen LogP contribution in [0.4, 0.5) is 30.4 Å². The maximum absolute atomic E-state index is 13.0. The van der Waals surface area contributed by atoms with E-state index in [0.717, 1.165) is 49.3 Å². The number of carbonyl (C=O) groups excluding carboxylic acids is 1. The number of amides is 1. The Balaban J connectivity index is 1.55. The van der Waals surface area contributed by atoms with Crippen LogP contribution in [0.2, 0.25) is 0 Å². The van der Waals surface area contributed by atoms with Crippen molar-refractivity contribution in [2.75, 3.05) is 29.0 Å². The van der Waals surface area contributed by atoms with E-state index < -0.39 is 17.6 Å². The first-order valence-electron chi connectivity index (χ1n) is 10.4. The summed E-state index contributed by atoms with van der Waals surface area (Å²) in [5, 5.41) is 6.90. The molecule has 1 fully saturated rings. The Hall–Kier alpha value is -3.49. The maximum atomic E-state index is 13.0. The molecule has 2 heterocycles. The molecule has 2 aromatic carbocycles. The second-order valence-corrected chi connectivity index (χ2v) is 7.92. The van der Waals surface area contributed by atoms with Gasteiger partial charge in [-0.2, -0.15) is 18.3 Å². The highest BCUT2D eigenvalue weighted by molar-refractivity contribution is 6.08. The van der Waals surface area contributed by atoms with Crippen molar-refractivity contribution >= 4 is 23.1 Å². The van der Waals surface area contributed by atoms with Gasteiger partial charge in [-0.15, -0.1) is 0 Å². The van der Waals surface area contributed by atoms with Crippen molar-refractivity contribution in [2.45, 2.75) is 32.4 Å².